The number of hydrogen-bond acceptors (Lipinski definition) is 3. The second-order valence-corrected chi connectivity index (χ2v) is 4.89. The van der Waals surface area contributed by atoms with E-state index in [1.54, 1.807) is 0 Å². The zero-order valence-electron chi connectivity index (χ0n) is 11.0. The number of aliphatic carboxylic acids is 1. The Balaban J connectivity index is 2.64. The van der Waals surface area contributed by atoms with Gasteiger partial charge in [0.05, 0.1) is 5.71 Å². The predicted octanol–water partition coefficient (Wildman–Crippen LogP) is 2.73. The summed E-state index contributed by atoms with van der Waals surface area (Å²) in [4.78, 5) is 15.1. The lowest BCUT2D eigenvalue weighted by atomic mass is 9.82. The molecule has 0 amide bonds. The van der Waals surface area contributed by atoms with Gasteiger partial charge in [0.15, 0.2) is 0 Å². The maximum Gasteiger partial charge on any atom is 0.344 e. The molecule has 1 N–H and O–H groups in total. The van der Waals surface area contributed by atoms with Crippen molar-refractivity contribution in [2.75, 3.05) is 6.61 Å². The van der Waals surface area contributed by atoms with Gasteiger partial charge in [-0.15, -0.1) is 0 Å². The third-order valence-electron chi connectivity index (χ3n) is 2.86. The molecule has 1 rings (SSSR count). The van der Waals surface area contributed by atoms with Gasteiger partial charge in [0.25, 0.3) is 0 Å². The summed E-state index contributed by atoms with van der Waals surface area (Å²) in [7, 11) is 0. The molecule has 0 bridgehead atoms. The minimum atomic E-state index is -1.02. The first-order valence-corrected chi connectivity index (χ1v) is 5.84. The van der Waals surface area contributed by atoms with E-state index in [-0.39, 0.29) is 5.41 Å². The Bertz CT molecular complexity index is 424. The summed E-state index contributed by atoms with van der Waals surface area (Å²) >= 11 is 0. The summed E-state index contributed by atoms with van der Waals surface area (Å²) in [6, 6.07) is 10.1. The molecule has 18 heavy (non-hydrogen) atoms. The van der Waals surface area contributed by atoms with Crippen LogP contribution in [0, 0.1) is 5.41 Å². The maximum absolute atomic E-state index is 10.3. The Morgan fingerprint density at radius 1 is 1.33 bits per heavy atom. The molecule has 0 saturated heterocycles. The van der Waals surface area contributed by atoms with Crippen molar-refractivity contribution in [3.63, 3.8) is 0 Å². The molecule has 4 nitrogen and oxygen atoms in total. The molecular formula is C14H19NO3. The van der Waals surface area contributed by atoms with Crippen LogP contribution in [-0.4, -0.2) is 23.4 Å². The van der Waals surface area contributed by atoms with Gasteiger partial charge in [-0.2, -0.15) is 0 Å². The van der Waals surface area contributed by atoms with Crippen LogP contribution in [0.2, 0.25) is 0 Å². The van der Waals surface area contributed by atoms with E-state index in [4.69, 9.17) is 9.94 Å². The summed E-state index contributed by atoms with van der Waals surface area (Å²) < 4.78 is 0. The minimum Gasteiger partial charge on any atom is -0.479 e. The van der Waals surface area contributed by atoms with Crippen molar-refractivity contribution < 1.29 is 14.7 Å². The molecule has 0 aliphatic rings. The van der Waals surface area contributed by atoms with Gasteiger partial charge in [-0.05, 0) is 18.9 Å². The summed E-state index contributed by atoms with van der Waals surface area (Å²) in [6.07, 6.45) is 0.833. The molecule has 0 saturated carbocycles. The fraction of sp³-hybridized carbons (Fsp3) is 0.429. The van der Waals surface area contributed by atoms with Gasteiger partial charge in [-0.1, -0.05) is 49.3 Å². The Labute approximate surface area is 107 Å². The normalized spacial score (nSPS) is 12.3. The topological polar surface area (TPSA) is 58.9 Å². The van der Waals surface area contributed by atoms with Gasteiger partial charge < -0.3 is 9.94 Å². The number of carboxylic acids is 1. The molecule has 0 aliphatic heterocycles. The van der Waals surface area contributed by atoms with E-state index in [2.05, 4.69) is 31.1 Å². The van der Waals surface area contributed by atoms with Crippen LogP contribution < -0.4 is 0 Å². The van der Waals surface area contributed by atoms with Crippen LogP contribution in [0.5, 0.6) is 0 Å². The molecule has 0 unspecified atom stereocenters. The Morgan fingerprint density at radius 2 is 1.94 bits per heavy atom. The molecule has 1 aromatic rings. The lowest BCUT2D eigenvalue weighted by Crippen LogP contribution is -2.25. The number of carboxylic acid groups (broad SMARTS) is 1. The van der Waals surface area contributed by atoms with Gasteiger partial charge in [-0.25, -0.2) is 4.79 Å². The van der Waals surface area contributed by atoms with E-state index in [9.17, 15) is 4.79 Å². The molecule has 0 spiro atoms. The highest BCUT2D eigenvalue weighted by Crippen LogP contribution is 2.23. The highest BCUT2D eigenvalue weighted by molar-refractivity contribution is 5.87. The Morgan fingerprint density at radius 3 is 2.50 bits per heavy atom. The highest BCUT2D eigenvalue weighted by atomic mass is 16.6. The number of hydrogen-bond donors (Lipinski definition) is 1. The number of nitrogens with zero attached hydrogens (tertiary/aromatic N) is 1. The molecule has 0 radical (unpaired) electrons. The predicted molar refractivity (Wildman–Crippen MR) is 70.6 cm³/mol. The molecule has 0 aliphatic carbocycles. The van der Waals surface area contributed by atoms with Gasteiger partial charge in [-0.3, -0.25) is 0 Å². The minimum absolute atomic E-state index is 0.167. The van der Waals surface area contributed by atoms with E-state index < -0.39 is 12.6 Å². The fourth-order valence-corrected chi connectivity index (χ4v) is 1.54. The first kappa shape index (κ1) is 14.2. The van der Waals surface area contributed by atoms with Crippen molar-refractivity contribution in [3.8, 4) is 0 Å². The molecule has 0 heterocycles. The van der Waals surface area contributed by atoms with E-state index in [1.165, 1.54) is 5.56 Å². The maximum atomic E-state index is 10.3. The van der Waals surface area contributed by atoms with E-state index >= 15 is 0 Å². The third kappa shape index (κ3) is 4.57. The lowest BCUT2D eigenvalue weighted by molar-refractivity contribution is -0.142. The average molecular weight is 249 g/mol. The van der Waals surface area contributed by atoms with Crippen LogP contribution in [0.1, 0.15) is 26.3 Å². The monoisotopic (exact) mass is 249 g/mol. The Kier molecular flexibility index (Phi) is 4.89. The number of rotatable bonds is 6. The molecular weight excluding hydrogens is 230 g/mol. The zero-order valence-corrected chi connectivity index (χ0v) is 11.0. The Hall–Kier alpha value is -1.84. The van der Waals surface area contributed by atoms with Crippen molar-refractivity contribution in [2.24, 2.45) is 10.6 Å². The van der Waals surface area contributed by atoms with E-state index in [0.29, 0.717) is 0 Å². The highest BCUT2D eigenvalue weighted by Gasteiger charge is 2.23. The standard InChI is InChI=1S/C14H19NO3/c1-11(15-18-10-13(16)17)14(2,3)9-12-7-5-4-6-8-12/h4-8H,9-10H2,1-3H3,(H,16,17)/b15-11+. The molecule has 0 atom stereocenters. The van der Waals surface area contributed by atoms with Gasteiger partial charge >= 0.3 is 5.97 Å². The van der Waals surface area contributed by atoms with Crippen LogP contribution in [0.4, 0.5) is 0 Å². The van der Waals surface area contributed by atoms with Crippen LogP contribution in [-0.2, 0) is 16.1 Å². The van der Waals surface area contributed by atoms with Crippen LogP contribution >= 0.6 is 0 Å². The SMILES string of the molecule is C/C(=N\OCC(=O)O)C(C)(C)Cc1ccccc1. The first-order chi connectivity index (χ1) is 8.42. The van der Waals surface area contributed by atoms with Crippen LogP contribution in [0.25, 0.3) is 0 Å². The van der Waals surface area contributed by atoms with Gasteiger partial charge in [0, 0.05) is 5.41 Å². The summed E-state index contributed by atoms with van der Waals surface area (Å²) in [6.45, 7) is 5.56. The van der Waals surface area contributed by atoms with Crippen molar-refractivity contribution in [3.05, 3.63) is 35.9 Å². The zero-order chi connectivity index (χ0) is 13.6. The van der Waals surface area contributed by atoms with Crippen molar-refractivity contribution in [1.82, 2.24) is 0 Å². The van der Waals surface area contributed by atoms with Gasteiger partial charge in [0.2, 0.25) is 6.61 Å². The number of carbonyl (C=O) groups is 1. The molecule has 0 fully saturated rings. The molecule has 1 aromatic carbocycles. The summed E-state index contributed by atoms with van der Waals surface area (Å²) in [5.74, 6) is -1.02. The number of benzene rings is 1. The summed E-state index contributed by atoms with van der Waals surface area (Å²) in [5.41, 5.74) is 1.84. The van der Waals surface area contributed by atoms with Crippen molar-refractivity contribution >= 4 is 11.7 Å². The van der Waals surface area contributed by atoms with E-state index in [0.717, 1.165) is 12.1 Å². The third-order valence-corrected chi connectivity index (χ3v) is 2.86. The van der Waals surface area contributed by atoms with Crippen molar-refractivity contribution in [2.45, 2.75) is 27.2 Å². The molecule has 0 aromatic heterocycles. The second-order valence-electron chi connectivity index (χ2n) is 4.89. The second kappa shape index (κ2) is 6.19. The van der Waals surface area contributed by atoms with Crippen LogP contribution in [0.3, 0.4) is 0 Å². The first-order valence-electron chi connectivity index (χ1n) is 5.84. The van der Waals surface area contributed by atoms with Crippen LogP contribution in [0.15, 0.2) is 35.5 Å². The average Bonchev–Trinajstić information content (AvgIpc) is 2.29. The molecule has 98 valence electrons. The lowest BCUT2D eigenvalue weighted by Gasteiger charge is -2.24. The van der Waals surface area contributed by atoms with E-state index in [1.807, 2.05) is 25.1 Å². The molecule has 4 heteroatoms. The smallest absolute Gasteiger partial charge is 0.344 e. The summed E-state index contributed by atoms with van der Waals surface area (Å²) in [5, 5.41) is 12.3. The quantitative estimate of drug-likeness (QED) is 0.623. The number of oxime groups is 1. The van der Waals surface area contributed by atoms with Gasteiger partial charge in [0.1, 0.15) is 0 Å². The van der Waals surface area contributed by atoms with Crippen molar-refractivity contribution in [1.29, 1.82) is 0 Å². The largest absolute Gasteiger partial charge is 0.479 e. The fourth-order valence-electron chi connectivity index (χ4n) is 1.54.